The van der Waals surface area contributed by atoms with Crippen LogP contribution in [-0.4, -0.2) is 59.8 Å². The van der Waals surface area contributed by atoms with Crippen molar-refractivity contribution in [2.75, 3.05) is 39.4 Å². The number of hydrogen-bond donors (Lipinski definition) is 1. The van der Waals surface area contributed by atoms with Gasteiger partial charge in [-0.05, 0) is 25.7 Å². The lowest BCUT2D eigenvalue weighted by molar-refractivity contribution is 0.184. The van der Waals surface area contributed by atoms with Crippen LogP contribution in [0.3, 0.4) is 0 Å². The number of likely N-dealkylation sites (tertiary alicyclic amines) is 1. The monoisotopic (exact) mass is 447 g/mol. The molecule has 1 N–H and O–H groups in total. The van der Waals surface area contributed by atoms with Crippen molar-refractivity contribution in [1.29, 1.82) is 0 Å². The van der Waals surface area contributed by atoms with Crippen LogP contribution in [-0.2, 0) is 4.74 Å². The summed E-state index contributed by atoms with van der Waals surface area (Å²) >= 11 is 0. The van der Waals surface area contributed by atoms with Crippen molar-refractivity contribution in [1.82, 2.24) is 19.8 Å². The van der Waals surface area contributed by atoms with Gasteiger partial charge in [-0.2, -0.15) is 0 Å². The number of nitrogens with one attached hydrogen (secondary N) is 1. The number of imidazole rings is 1. The van der Waals surface area contributed by atoms with E-state index >= 15 is 0 Å². The topological polar surface area (TPSA) is 54.7 Å². The van der Waals surface area contributed by atoms with E-state index in [0.717, 1.165) is 51.8 Å². The van der Waals surface area contributed by atoms with Gasteiger partial charge in [-0.1, -0.05) is 6.92 Å². The molecule has 2 fully saturated rings. The molecule has 136 valence electrons. The number of guanidine groups is 1. The van der Waals surface area contributed by atoms with Gasteiger partial charge in [0, 0.05) is 51.1 Å². The highest BCUT2D eigenvalue weighted by atomic mass is 127. The molecule has 2 saturated heterocycles. The average Bonchev–Trinajstić information content (AvgIpc) is 3.25. The van der Waals surface area contributed by atoms with Crippen molar-refractivity contribution in [3.63, 3.8) is 0 Å². The highest BCUT2D eigenvalue weighted by molar-refractivity contribution is 14.0. The van der Waals surface area contributed by atoms with E-state index in [0.29, 0.717) is 17.9 Å². The molecule has 2 aliphatic heterocycles. The molecule has 2 aliphatic rings. The Labute approximate surface area is 162 Å². The molecule has 0 radical (unpaired) electrons. The smallest absolute Gasteiger partial charge is 0.193 e. The van der Waals surface area contributed by atoms with E-state index in [-0.39, 0.29) is 24.0 Å². The van der Waals surface area contributed by atoms with Crippen molar-refractivity contribution < 1.29 is 4.74 Å². The molecular weight excluding hydrogens is 417 g/mol. The zero-order chi connectivity index (χ0) is 16.1. The van der Waals surface area contributed by atoms with Crippen LogP contribution < -0.4 is 5.32 Å². The zero-order valence-corrected chi connectivity index (χ0v) is 17.1. The number of rotatable bonds is 4. The fourth-order valence-electron chi connectivity index (χ4n) is 3.46. The van der Waals surface area contributed by atoms with E-state index in [9.17, 15) is 0 Å². The van der Waals surface area contributed by atoms with Gasteiger partial charge in [0.1, 0.15) is 0 Å². The molecule has 0 aromatic carbocycles. The molecule has 0 bridgehead atoms. The first-order valence-electron chi connectivity index (χ1n) is 8.86. The van der Waals surface area contributed by atoms with E-state index in [1.807, 2.05) is 12.5 Å². The summed E-state index contributed by atoms with van der Waals surface area (Å²) in [6.07, 6.45) is 8.19. The van der Waals surface area contributed by atoms with Gasteiger partial charge in [0.05, 0.1) is 19.0 Å². The van der Waals surface area contributed by atoms with Gasteiger partial charge in [0.15, 0.2) is 5.96 Å². The Hall–Kier alpha value is -0.830. The van der Waals surface area contributed by atoms with Crippen LogP contribution in [0.5, 0.6) is 0 Å². The standard InChI is InChI=1S/C17H29N5O.HI/c1-3-19-17(20-10-15-5-9-23-12-15)21-7-4-14(2)16(11-21)22-8-6-18-13-22;/h6,8,13-16H,3-5,7,9-12H2,1-2H3,(H,19,20);1H. The van der Waals surface area contributed by atoms with Gasteiger partial charge >= 0.3 is 0 Å². The van der Waals surface area contributed by atoms with Gasteiger partial charge in [0.2, 0.25) is 0 Å². The molecule has 0 saturated carbocycles. The van der Waals surface area contributed by atoms with Crippen LogP contribution in [0, 0.1) is 11.8 Å². The fourth-order valence-corrected chi connectivity index (χ4v) is 3.46. The largest absolute Gasteiger partial charge is 0.381 e. The predicted molar refractivity (Wildman–Crippen MR) is 107 cm³/mol. The Balaban J connectivity index is 0.00000208. The quantitative estimate of drug-likeness (QED) is 0.438. The summed E-state index contributed by atoms with van der Waals surface area (Å²) in [7, 11) is 0. The maximum Gasteiger partial charge on any atom is 0.193 e. The molecule has 3 heterocycles. The third-order valence-electron chi connectivity index (χ3n) is 4.98. The van der Waals surface area contributed by atoms with Gasteiger partial charge in [-0.25, -0.2) is 4.98 Å². The lowest BCUT2D eigenvalue weighted by Gasteiger charge is -2.39. The Morgan fingerprint density at radius 1 is 1.42 bits per heavy atom. The second-order valence-corrected chi connectivity index (χ2v) is 6.71. The summed E-state index contributed by atoms with van der Waals surface area (Å²) in [5.74, 6) is 2.29. The second kappa shape index (κ2) is 9.60. The minimum Gasteiger partial charge on any atom is -0.381 e. The maximum absolute atomic E-state index is 5.46. The van der Waals surface area contributed by atoms with Crippen molar-refractivity contribution in [3.8, 4) is 0 Å². The third kappa shape index (κ3) is 4.84. The Bertz CT molecular complexity index is 501. The predicted octanol–water partition coefficient (Wildman–Crippen LogP) is 2.39. The van der Waals surface area contributed by atoms with E-state index in [1.54, 1.807) is 0 Å². The number of aliphatic imine (C=N–C) groups is 1. The molecule has 1 aromatic heterocycles. The Morgan fingerprint density at radius 2 is 2.29 bits per heavy atom. The fraction of sp³-hybridized carbons (Fsp3) is 0.765. The van der Waals surface area contributed by atoms with E-state index in [1.165, 1.54) is 6.42 Å². The minimum atomic E-state index is 0. The third-order valence-corrected chi connectivity index (χ3v) is 4.98. The number of aromatic nitrogens is 2. The number of nitrogens with zero attached hydrogens (tertiary/aromatic N) is 4. The number of ether oxygens (including phenoxy) is 1. The van der Waals surface area contributed by atoms with E-state index < -0.39 is 0 Å². The Kier molecular flexibility index (Phi) is 7.80. The summed E-state index contributed by atoms with van der Waals surface area (Å²) in [6.45, 7) is 10.0. The molecule has 0 spiro atoms. The van der Waals surface area contributed by atoms with Gasteiger partial charge in [-0.3, -0.25) is 4.99 Å². The molecule has 7 heteroatoms. The molecule has 1 aromatic rings. The van der Waals surface area contributed by atoms with Crippen molar-refractivity contribution >= 4 is 29.9 Å². The van der Waals surface area contributed by atoms with Crippen LogP contribution in [0.1, 0.15) is 32.7 Å². The second-order valence-electron chi connectivity index (χ2n) is 6.71. The summed E-state index contributed by atoms with van der Waals surface area (Å²) in [5, 5.41) is 3.47. The van der Waals surface area contributed by atoms with Crippen LogP contribution in [0.2, 0.25) is 0 Å². The van der Waals surface area contributed by atoms with Crippen LogP contribution in [0.15, 0.2) is 23.7 Å². The molecule has 0 aliphatic carbocycles. The molecular formula is C17H30IN5O. The minimum absolute atomic E-state index is 0. The molecule has 3 rings (SSSR count). The first-order valence-corrected chi connectivity index (χ1v) is 8.86. The van der Waals surface area contributed by atoms with Crippen LogP contribution in [0.4, 0.5) is 0 Å². The van der Waals surface area contributed by atoms with Crippen molar-refractivity contribution in [3.05, 3.63) is 18.7 Å². The molecule has 3 atom stereocenters. The van der Waals surface area contributed by atoms with E-state index in [4.69, 9.17) is 9.73 Å². The van der Waals surface area contributed by atoms with Crippen molar-refractivity contribution in [2.24, 2.45) is 16.8 Å². The average molecular weight is 447 g/mol. The highest BCUT2D eigenvalue weighted by Crippen LogP contribution is 2.27. The summed E-state index contributed by atoms with van der Waals surface area (Å²) < 4.78 is 7.70. The lowest BCUT2D eigenvalue weighted by Crippen LogP contribution is -2.49. The van der Waals surface area contributed by atoms with Gasteiger partial charge in [0.25, 0.3) is 0 Å². The summed E-state index contributed by atoms with van der Waals surface area (Å²) in [4.78, 5) is 11.5. The molecule has 6 nitrogen and oxygen atoms in total. The molecule has 3 unspecified atom stereocenters. The SMILES string of the molecule is CCNC(=NCC1CCOC1)N1CCC(C)C(n2ccnc2)C1.I. The lowest BCUT2D eigenvalue weighted by atomic mass is 9.93. The molecule has 0 amide bonds. The van der Waals surface area contributed by atoms with Crippen molar-refractivity contribution in [2.45, 2.75) is 32.7 Å². The summed E-state index contributed by atoms with van der Waals surface area (Å²) in [6, 6.07) is 0.463. The van der Waals surface area contributed by atoms with Gasteiger partial charge < -0.3 is 19.5 Å². The van der Waals surface area contributed by atoms with Gasteiger partial charge in [-0.15, -0.1) is 24.0 Å². The van der Waals surface area contributed by atoms with E-state index in [2.05, 4.69) is 39.8 Å². The first-order chi connectivity index (χ1) is 11.3. The zero-order valence-electron chi connectivity index (χ0n) is 14.7. The highest BCUT2D eigenvalue weighted by Gasteiger charge is 2.29. The molecule has 24 heavy (non-hydrogen) atoms. The van der Waals surface area contributed by atoms with Crippen LogP contribution in [0.25, 0.3) is 0 Å². The number of halogens is 1. The first kappa shape index (κ1) is 19.5. The normalized spacial score (nSPS) is 27.8. The number of hydrogen-bond acceptors (Lipinski definition) is 3. The number of piperidine rings is 1. The Morgan fingerprint density at radius 3 is 2.96 bits per heavy atom. The van der Waals surface area contributed by atoms with Crippen LogP contribution >= 0.6 is 24.0 Å². The summed E-state index contributed by atoms with van der Waals surface area (Å²) in [5.41, 5.74) is 0. The maximum atomic E-state index is 5.46.